The van der Waals surface area contributed by atoms with E-state index in [2.05, 4.69) is 9.88 Å². The van der Waals surface area contributed by atoms with Crippen molar-refractivity contribution in [1.29, 1.82) is 0 Å². The van der Waals surface area contributed by atoms with Gasteiger partial charge < -0.3 is 14.6 Å². The Morgan fingerprint density at radius 3 is 2.65 bits per heavy atom. The minimum Gasteiger partial charge on any atom is -0.449 e. The van der Waals surface area contributed by atoms with Gasteiger partial charge in [0.1, 0.15) is 0 Å². The van der Waals surface area contributed by atoms with Gasteiger partial charge in [0.2, 0.25) is 0 Å². The predicted octanol–water partition coefficient (Wildman–Crippen LogP) is 3.95. The summed E-state index contributed by atoms with van der Waals surface area (Å²) in [5, 5.41) is 3.34. The first kappa shape index (κ1) is 18.5. The van der Waals surface area contributed by atoms with Crippen molar-refractivity contribution in [3.8, 4) is 0 Å². The lowest BCUT2D eigenvalue weighted by atomic mass is 10.2. The molecule has 1 aromatic heterocycles. The van der Waals surface area contributed by atoms with Crippen molar-refractivity contribution in [2.45, 2.75) is 52.3 Å². The number of rotatable bonds is 6. The van der Waals surface area contributed by atoms with E-state index in [0.29, 0.717) is 16.6 Å². The van der Waals surface area contributed by atoms with Crippen LogP contribution < -0.4 is 5.32 Å². The molecule has 1 aliphatic carbocycles. The third kappa shape index (κ3) is 3.93. The Morgan fingerprint density at radius 1 is 1.31 bits per heavy atom. The van der Waals surface area contributed by atoms with Crippen LogP contribution in [0.2, 0.25) is 5.02 Å². The van der Waals surface area contributed by atoms with Crippen molar-refractivity contribution >= 4 is 23.5 Å². The molecule has 0 unspecified atom stereocenters. The molecular weight excluding hydrogens is 352 g/mol. The third-order valence-corrected chi connectivity index (χ3v) is 5.05. The van der Waals surface area contributed by atoms with Crippen LogP contribution in [0.1, 0.15) is 53.1 Å². The van der Waals surface area contributed by atoms with Gasteiger partial charge in [0.25, 0.3) is 5.91 Å². The van der Waals surface area contributed by atoms with E-state index in [0.717, 1.165) is 29.8 Å². The molecule has 0 radical (unpaired) electrons. The fourth-order valence-corrected chi connectivity index (χ4v) is 3.33. The van der Waals surface area contributed by atoms with Crippen molar-refractivity contribution in [1.82, 2.24) is 9.88 Å². The summed E-state index contributed by atoms with van der Waals surface area (Å²) >= 11 is 6.08. The number of hydrogen-bond acceptors (Lipinski definition) is 3. The first-order chi connectivity index (χ1) is 12.4. The van der Waals surface area contributed by atoms with Crippen LogP contribution in [-0.2, 0) is 16.1 Å². The molecule has 1 saturated carbocycles. The normalized spacial score (nSPS) is 14.8. The Balaban J connectivity index is 1.59. The maximum absolute atomic E-state index is 12.5. The number of aromatic nitrogens is 1. The Hall–Kier alpha value is -2.27. The Kier molecular flexibility index (Phi) is 5.37. The number of benzene rings is 1. The number of nitrogens with zero attached hydrogens (tertiary/aromatic N) is 1. The second kappa shape index (κ2) is 7.54. The van der Waals surface area contributed by atoms with Crippen LogP contribution in [0.25, 0.3) is 0 Å². The van der Waals surface area contributed by atoms with E-state index in [-0.39, 0.29) is 12.5 Å². The highest BCUT2D eigenvalue weighted by Gasteiger charge is 2.29. The van der Waals surface area contributed by atoms with Gasteiger partial charge in [-0.25, -0.2) is 4.79 Å². The maximum Gasteiger partial charge on any atom is 0.340 e. The Labute approximate surface area is 158 Å². The van der Waals surface area contributed by atoms with Crippen LogP contribution in [-0.4, -0.2) is 22.5 Å². The molecule has 0 saturated heterocycles. The summed E-state index contributed by atoms with van der Waals surface area (Å²) in [7, 11) is 0. The lowest BCUT2D eigenvalue weighted by Crippen LogP contribution is -2.35. The van der Waals surface area contributed by atoms with Crippen LogP contribution >= 0.6 is 11.6 Å². The molecule has 2 aromatic rings. The molecule has 5 nitrogen and oxygen atoms in total. The van der Waals surface area contributed by atoms with Gasteiger partial charge in [0.05, 0.1) is 5.56 Å². The highest BCUT2D eigenvalue weighted by atomic mass is 35.5. The zero-order chi connectivity index (χ0) is 18.8. The van der Waals surface area contributed by atoms with E-state index in [1.807, 2.05) is 38.1 Å². The van der Waals surface area contributed by atoms with Gasteiger partial charge >= 0.3 is 5.97 Å². The Bertz CT molecular complexity index is 840. The number of nitrogens with one attached hydrogen (secondary N) is 1. The van der Waals surface area contributed by atoms with Gasteiger partial charge in [-0.15, -0.1) is 0 Å². The number of halogens is 1. The van der Waals surface area contributed by atoms with Crippen molar-refractivity contribution in [2.24, 2.45) is 0 Å². The predicted molar refractivity (Wildman–Crippen MR) is 100 cm³/mol. The second-order valence-electron chi connectivity index (χ2n) is 6.74. The van der Waals surface area contributed by atoms with E-state index >= 15 is 0 Å². The monoisotopic (exact) mass is 374 g/mol. The van der Waals surface area contributed by atoms with Gasteiger partial charge in [0.15, 0.2) is 6.10 Å². The minimum atomic E-state index is -0.881. The average molecular weight is 375 g/mol. The fourth-order valence-electron chi connectivity index (χ4n) is 3.12. The molecule has 1 atom stereocenters. The average Bonchev–Trinajstić information content (AvgIpc) is 3.38. The number of esters is 1. The van der Waals surface area contributed by atoms with Crippen molar-refractivity contribution in [3.05, 3.63) is 57.9 Å². The van der Waals surface area contributed by atoms with Gasteiger partial charge in [-0.3, -0.25) is 4.79 Å². The van der Waals surface area contributed by atoms with Gasteiger partial charge in [-0.2, -0.15) is 0 Å². The van der Waals surface area contributed by atoms with Gasteiger partial charge in [-0.1, -0.05) is 29.8 Å². The Morgan fingerprint density at radius 2 is 2.00 bits per heavy atom. The summed E-state index contributed by atoms with van der Waals surface area (Å²) in [6.07, 6.45) is 1.41. The summed E-state index contributed by atoms with van der Waals surface area (Å²) in [5.41, 5.74) is 3.29. The van der Waals surface area contributed by atoms with Crippen molar-refractivity contribution in [2.75, 3.05) is 0 Å². The number of carbonyl (C=O) groups excluding carboxylic acids is 2. The zero-order valence-corrected chi connectivity index (χ0v) is 16.0. The molecular formula is C20H23ClN2O3. The number of amides is 1. The van der Waals surface area contributed by atoms with Gasteiger partial charge in [-0.05, 0) is 51.3 Å². The summed E-state index contributed by atoms with van der Waals surface area (Å²) in [5.74, 6) is -0.820. The molecule has 138 valence electrons. The first-order valence-electron chi connectivity index (χ1n) is 8.79. The lowest BCUT2D eigenvalue weighted by molar-refractivity contribution is -0.129. The number of hydrogen-bond donors (Lipinski definition) is 1. The van der Waals surface area contributed by atoms with E-state index in [4.69, 9.17) is 16.3 Å². The van der Waals surface area contributed by atoms with E-state index < -0.39 is 12.1 Å². The zero-order valence-electron chi connectivity index (χ0n) is 15.2. The molecule has 1 fully saturated rings. The number of carbonyl (C=O) groups is 2. The molecule has 3 rings (SSSR count). The molecule has 0 spiro atoms. The molecule has 0 aliphatic heterocycles. The van der Waals surface area contributed by atoms with Crippen molar-refractivity contribution in [3.63, 3.8) is 0 Å². The topological polar surface area (TPSA) is 60.3 Å². The minimum absolute atomic E-state index is 0.288. The molecule has 1 heterocycles. The summed E-state index contributed by atoms with van der Waals surface area (Å²) in [6.45, 7) is 5.77. The van der Waals surface area contributed by atoms with E-state index in [1.54, 1.807) is 13.0 Å². The van der Waals surface area contributed by atoms with Crippen LogP contribution in [0.4, 0.5) is 0 Å². The largest absolute Gasteiger partial charge is 0.449 e. The highest BCUT2D eigenvalue weighted by Crippen LogP contribution is 2.38. The standard InChI is InChI=1S/C20H23ClN2O3/c1-12-10-17(13(2)23(12)16-8-9-16)20(25)26-14(3)19(24)22-11-15-6-4-5-7-18(15)21/h4-7,10,14,16H,8-9,11H2,1-3H3,(H,22,24)/t14-/m1/s1. The maximum atomic E-state index is 12.5. The fraction of sp³-hybridized carbons (Fsp3) is 0.400. The van der Waals surface area contributed by atoms with Crippen LogP contribution in [0.15, 0.2) is 30.3 Å². The molecule has 26 heavy (non-hydrogen) atoms. The number of ether oxygens (including phenoxy) is 1. The van der Waals surface area contributed by atoms with Crippen LogP contribution in [0.3, 0.4) is 0 Å². The smallest absolute Gasteiger partial charge is 0.340 e. The molecule has 0 bridgehead atoms. The lowest BCUT2D eigenvalue weighted by Gasteiger charge is -2.14. The molecule has 1 N–H and O–H groups in total. The SMILES string of the molecule is Cc1cc(C(=O)O[C@H](C)C(=O)NCc2ccccc2Cl)c(C)n1C1CC1. The van der Waals surface area contributed by atoms with Crippen LogP contribution in [0.5, 0.6) is 0 Å². The van der Waals surface area contributed by atoms with Crippen LogP contribution in [0, 0.1) is 13.8 Å². The molecule has 6 heteroatoms. The van der Waals surface area contributed by atoms with E-state index in [9.17, 15) is 9.59 Å². The summed E-state index contributed by atoms with van der Waals surface area (Å²) in [4.78, 5) is 24.7. The number of aryl methyl sites for hydroxylation is 1. The third-order valence-electron chi connectivity index (χ3n) is 4.68. The van der Waals surface area contributed by atoms with Gasteiger partial charge in [0, 0.05) is 29.0 Å². The first-order valence-corrected chi connectivity index (χ1v) is 9.16. The van der Waals surface area contributed by atoms with E-state index in [1.165, 1.54) is 0 Å². The molecule has 1 aliphatic rings. The summed E-state index contributed by atoms with van der Waals surface area (Å²) < 4.78 is 7.55. The van der Waals surface area contributed by atoms with Crippen molar-refractivity contribution < 1.29 is 14.3 Å². The summed E-state index contributed by atoms with van der Waals surface area (Å²) in [6, 6.07) is 9.62. The highest BCUT2D eigenvalue weighted by molar-refractivity contribution is 6.31. The molecule has 1 aromatic carbocycles. The molecule has 1 amide bonds. The second-order valence-corrected chi connectivity index (χ2v) is 7.15. The quantitative estimate of drug-likeness (QED) is 0.778.